The van der Waals surface area contributed by atoms with Gasteiger partial charge >= 0.3 is 0 Å². The average Bonchev–Trinajstić information content (AvgIpc) is 2.42. The van der Waals surface area contributed by atoms with Gasteiger partial charge in [0, 0.05) is 30.4 Å². The van der Waals surface area contributed by atoms with Crippen LogP contribution in [0.5, 0.6) is 0 Å². The van der Waals surface area contributed by atoms with Gasteiger partial charge in [-0.15, -0.1) is 0 Å². The molecule has 0 saturated carbocycles. The second-order valence-electron chi connectivity index (χ2n) is 4.36. The summed E-state index contributed by atoms with van der Waals surface area (Å²) in [6.45, 7) is 2.38. The van der Waals surface area contributed by atoms with E-state index >= 15 is 0 Å². The lowest BCUT2D eigenvalue weighted by atomic mass is 10.1. The summed E-state index contributed by atoms with van der Waals surface area (Å²) in [7, 11) is 0. The zero-order valence-electron chi connectivity index (χ0n) is 10.7. The van der Waals surface area contributed by atoms with E-state index in [1.54, 1.807) is 16.7 Å². The van der Waals surface area contributed by atoms with Crippen LogP contribution < -0.4 is 10.9 Å². The molecular weight excluding hydrogens is 260 g/mol. The van der Waals surface area contributed by atoms with Crippen LogP contribution in [0.1, 0.15) is 5.56 Å². The highest BCUT2D eigenvalue weighted by Crippen LogP contribution is 2.09. The first-order chi connectivity index (χ1) is 9.25. The number of hydrogen-bond donors (Lipinski definition) is 1. The van der Waals surface area contributed by atoms with Crippen LogP contribution in [0.4, 0.5) is 0 Å². The largest absolute Gasteiger partial charge is 0.315 e. The molecule has 0 fully saturated rings. The van der Waals surface area contributed by atoms with Crippen LogP contribution in [0.15, 0.2) is 53.5 Å². The van der Waals surface area contributed by atoms with Crippen molar-refractivity contribution in [3.63, 3.8) is 0 Å². The van der Waals surface area contributed by atoms with Crippen LogP contribution in [0.2, 0.25) is 5.02 Å². The third-order valence-corrected chi connectivity index (χ3v) is 3.18. The Bertz CT molecular complexity index is 563. The minimum absolute atomic E-state index is 0.0435. The fourth-order valence-electron chi connectivity index (χ4n) is 1.85. The van der Waals surface area contributed by atoms with Gasteiger partial charge in [-0.3, -0.25) is 4.79 Å². The smallest absolute Gasteiger partial charge is 0.250 e. The summed E-state index contributed by atoms with van der Waals surface area (Å²) in [5, 5.41) is 4.10. The standard InChI is InChI=1S/C15H17ClN2O/c16-14-6-4-13(5-7-14)8-9-17-10-12-18-11-2-1-3-15(18)19/h1-7,11,17H,8-10,12H2. The van der Waals surface area contributed by atoms with Crippen molar-refractivity contribution in [2.75, 3.05) is 13.1 Å². The maximum absolute atomic E-state index is 11.5. The van der Waals surface area contributed by atoms with Crippen molar-refractivity contribution < 1.29 is 0 Å². The van der Waals surface area contributed by atoms with Gasteiger partial charge in [-0.1, -0.05) is 29.8 Å². The SMILES string of the molecule is O=c1ccccn1CCNCCc1ccc(Cl)cc1. The predicted molar refractivity (Wildman–Crippen MR) is 78.7 cm³/mol. The first-order valence-electron chi connectivity index (χ1n) is 6.36. The summed E-state index contributed by atoms with van der Waals surface area (Å²) in [6, 6.07) is 13.1. The summed E-state index contributed by atoms with van der Waals surface area (Å²) in [6.07, 6.45) is 2.77. The molecule has 1 N–H and O–H groups in total. The highest BCUT2D eigenvalue weighted by atomic mass is 35.5. The van der Waals surface area contributed by atoms with Gasteiger partial charge in [-0.2, -0.15) is 0 Å². The number of benzene rings is 1. The quantitative estimate of drug-likeness (QED) is 0.822. The van der Waals surface area contributed by atoms with Gasteiger partial charge in [0.15, 0.2) is 0 Å². The van der Waals surface area contributed by atoms with E-state index in [1.165, 1.54) is 5.56 Å². The highest BCUT2D eigenvalue weighted by Gasteiger charge is 1.95. The molecule has 2 aromatic rings. The summed E-state index contributed by atoms with van der Waals surface area (Å²) in [5.74, 6) is 0. The Morgan fingerprint density at radius 2 is 1.84 bits per heavy atom. The summed E-state index contributed by atoms with van der Waals surface area (Å²) < 4.78 is 1.70. The van der Waals surface area contributed by atoms with Crippen molar-refractivity contribution >= 4 is 11.6 Å². The number of rotatable bonds is 6. The van der Waals surface area contributed by atoms with Crippen molar-refractivity contribution in [2.45, 2.75) is 13.0 Å². The van der Waals surface area contributed by atoms with Crippen LogP contribution in [-0.2, 0) is 13.0 Å². The van der Waals surface area contributed by atoms with E-state index in [1.807, 2.05) is 36.5 Å². The monoisotopic (exact) mass is 276 g/mol. The molecule has 1 aromatic carbocycles. The molecule has 0 radical (unpaired) electrons. The molecule has 0 atom stereocenters. The topological polar surface area (TPSA) is 34.0 Å². The van der Waals surface area contributed by atoms with Crippen LogP contribution in [0, 0.1) is 0 Å². The zero-order chi connectivity index (χ0) is 13.5. The highest BCUT2D eigenvalue weighted by molar-refractivity contribution is 6.30. The van der Waals surface area contributed by atoms with Gasteiger partial charge in [0.05, 0.1) is 0 Å². The van der Waals surface area contributed by atoms with Gasteiger partial charge in [-0.25, -0.2) is 0 Å². The Morgan fingerprint density at radius 3 is 2.58 bits per heavy atom. The Kier molecular flexibility index (Phi) is 5.19. The van der Waals surface area contributed by atoms with E-state index in [9.17, 15) is 4.79 Å². The minimum Gasteiger partial charge on any atom is -0.315 e. The lowest BCUT2D eigenvalue weighted by Gasteiger charge is -2.07. The predicted octanol–water partition coefficient (Wildman–Crippen LogP) is 2.33. The maximum Gasteiger partial charge on any atom is 0.250 e. The van der Waals surface area contributed by atoms with Gasteiger partial charge < -0.3 is 9.88 Å². The fraction of sp³-hybridized carbons (Fsp3) is 0.267. The number of aromatic nitrogens is 1. The molecule has 0 aliphatic rings. The van der Waals surface area contributed by atoms with E-state index in [2.05, 4.69) is 5.32 Å². The molecule has 1 heterocycles. The Balaban J connectivity index is 1.69. The number of pyridine rings is 1. The minimum atomic E-state index is 0.0435. The molecule has 100 valence electrons. The zero-order valence-corrected chi connectivity index (χ0v) is 11.4. The van der Waals surface area contributed by atoms with Crippen LogP contribution in [0.3, 0.4) is 0 Å². The van der Waals surface area contributed by atoms with E-state index in [0.717, 1.165) is 24.5 Å². The normalized spacial score (nSPS) is 10.6. The number of halogens is 1. The van der Waals surface area contributed by atoms with Crippen LogP contribution >= 0.6 is 11.6 Å². The molecule has 3 nitrogen and oxygen atoms in total. The number of nitrogens with zero attached hydrogens (tertiary/aromatic N) is 1. The molecule has 0 unspecified atom stereocenters. The molecule has 0 bridgehead atoms. The van der Waals surface area contributed by atoms with E-state index in [4.69, 9.17) is 11.6 Å². The first-order valence-corrected chi connectivity index (χ1v) is 6.74. The van der Waals surface area contributed by atoms with Crippen molar-refractivity contribution in [1.82, 2.24) is 9.88 Å². The lowest BCUT2D eigenvalue weighted by molar-refractivity contribution is 0.586. The van der Waals surface area contributed by atoms with Gasteiger partial charge in [0.2, 0.25) is 0 Å². The Labute approximate surface area is 117 Å². The third kappa shape index (κ3) is 4.54. The second kappa shape index (κ2) is 7.12. The molecule has 0 aliphatic carbocycles. The molecule has 0 spiro atoms. The molecule has 1 aromatic heterocycles. The summed E-state index contributed by atoms with van der Waals surface area (Å²) in [5.41, 5.74) is 1.30. The van der Waals surface area contributed by atoms with Crippen molar-refractivity contribution in [3.05, 3.63) is 69.6 Å². The average molecular weight is 277 g/mol. The van der Waals surface area contributed by atoms with Crippen LogP contribution in [0.25, 0.3) is 0 Å². The molecule has 0 aliphatic heterocycles. The van der Waals surface area contributed by atoms with Gasteiger partial charge in [-0.05, 0) is 36.7 Å². The van der Waals surface area contributed by atoms with Crippen molar-refractivity contribution in [1.29, 1.82) is 0 Å². The van der Waals surface area contributed by atoms with Crippen molar-refractivity contribution in [2.24, 2.45) is 0 Å². The summed E-state index contributed by atoms with van der Waals surface area (Å²) in [4.78, 5) is 11.5. The van der Waals surface area contributed by atoms with E-state index < -0.39 is 0 Å². The summed E-state index contributed by atoms with van der Waals surface area (Å²) >= 11 is 5.83. The molecular formula is C15H17ClN2O. The van der Waals surface area contributed by atoms with E-state index in [-0.39, 0.29) is 5.56 Å². The Hall–Kier alpha value is -1.58. The molecule has 19 heavy (non-hydrogen) atoms. The van der Waals surface area contributed by atoms with E-state index in [0.29, 0.717) is 6.54 Å². The Morgan fingerprint density at radius 1 is 1.05 bits per heavy atom. The lowest BCUT2D eigenvalue weighted by Crippen LogP contribution is -2.27. The second-order valence-corrected chi connectivity index (χ2v) is 4.80. The van der Waals surface area contributed by atoms with Gasteiger partial charge in [0.25, 0.3) is 5.56 Å². The van der Waals surface area contributed by atoms with Crippen LogP contribution in [-0.4, -0.2) is 17.7 Å². The number of hydrogen-bond acceptors (Lipinski definition) is 2. The molecule has 4 heteroatoms. The fourth-order valence-corrected chi connectivity index (χ4v) is 1.98. The molecule has 0 amide bonds. The third-order valence-electron chi connectivity index (χ3n) is 2.93. The molecule has 2 rings (SSSR count). The maximum atomic E-state index is 11.5. The molecule has 0 saturated heterocycles. The van der Waals surface area contributed by atoms with Gasteiger partial charge in [0.1, 0.15) is 0 Å². The first kappa shape index (κ1) is 13.8. The van der Waals surface area contributed by atoms with Crippen molar-refractivity contribution in [3.8, 4) is 0 Å². The number of nitrogens with one attached hydrogen (secondary N) is 1.